The molecule has 1 saturated heterocycles. The van der Waals surface area contributed by atoms with Crippen LogP contribution in [0.1, 0.15) is 50.3 Å². The molecule has 2 aromatic rings. The number of benzene rings is 2. The van der Waals surface area contributed by atoms with Gasteiger partial charge in [-0.15, -0.1) is 0 Å². The molecule has 1 heterocycles. The van der Waals surface area contributed by atoms with Gasteiger partial charge in [0, 0.05) is 31.7 Å². The normalized spacial score (nSPS) is 20.1. The van der Waals surface area contributed by atoms with Gasteiger partial charge in [0.05, 0.1) is 6.61 Å². The number of hydrogen-bond donors (Lipinski definition) is 0. The highest BCUT2D eigenvalue weighted by Gasteiger charge is 2.28. The molecular formula is C26H33F2NO3. The Bertz CT molecular complexity index is 858. The van der Waals surface area contributed by atoms with E-state index in [9.17, 15) is 13.6 Å². The van der Waals surface area contributed by atoms with Crippen molar-refractivity contribution >= 4 is 5.97 Å². The van der Waals surface area contributed by atoms with Gasteiger partial charge in [0.1, 0.15) is 17.7 Å². The van der Waals surface area contributed by atoms with E-state index in [1.807, 2.05) is 6.92 Å². The first-order chi connectivity index (χ1) is 15.5. The van der Waals surface area contributed by atoms with Gasteiger partial charge in [0.2, 0.25) is 0 Å². The Morgan fingerprint density at radius 2 is 1.91 bits per heavy atom. The van der Waals surface area contributed by atoms with E-state index in [2.05, 4.69) is 11.8 Å². The van der Waals surface area contributed by atoms with Gasteiger partial charge >= 0.3 is 5.97 Å². The van der Waals surface area contributed by atoms with Crippen molar-refractivity contribution in [1.82, 2.24) is 4.90 Å². The Kier molecular flexibility index (Phi) is 9.18. The zero-order chi connectivity index (χ0) is 22.9. The van der Waals surface area contributed by atoms with Gasteiger partial charge in [-0.05, 0) is 61.9 Å². The Labute approximate surface area is 189 Å². The molecule has 0 aliphatic carbocycles. The van der Waals surface area contributed by atoms with Crippen molar-refractivity contribution in [3.8, 4) is 0 Å². The molecule has 0 N–H and O–H groups in total. The van der Waals surface area contributed by atoms with Crippen LogP contribution in [-0.4, -0.2) is 43.7 Å². The Hall–Kier alpha value is -2.31. The minimum absolute atomic E-state index is 0.105. The number of likely N-dealkylation sites (tertiary alicyclic amines) is 1. The maximum Gasteiger partial charge on any atom is 0.306 e. The summed E-state index contributed by atoms with van der Waals surface area (Å²) in [5.74, 6) is 0.0249. The fourth-order valence-electron chi connectivity index (χ4n) is 4.40. The molecule has 1 fully saturated rings. The van der Waals surface area contributed by atoms with Crippen molar-refractivity contribution in [1.29, 1.82) is 0 Å². The number of carbonyl (C=O) groups excluding carboxylic acids is 1. The molecule has 6 heteroatoms. The predicted octanol–water partition coefficient (Wildman–Crippen LogP) is 5.37. The largest absolute Gasteiger partial charge is 0.466 e. The molecule has 4 nitrogen and oxygen atoms in total. The smallest absolute Gasteiger partial charge is 0.306 e. The maximum absolute atomic E-state index is 14.4. The van der Waals surface area contributed by atoms with Gasteiger partial charge in [-0.3, -0.25) is 4.79 Å². The van der Waals surface area contributed by atoms with Gasteiger partial charge in [0.25, 0.3) is 0 Å². The lowest BCUT2D eigenvalue weighted by atomic mass is 9.84. The second-order valence-corrected chi connectivity index (χ2v) is 8.51. The number of rotatable bonds is 10. The average Bonchev–Trinajstić information content (AvgIpc) is 2.77. The third kappa shape index (κ3) is 6.84. The first-order valence-electron chi connectivity index (χ1n) is 11.5. The van der Waals surface area contributed by atoms with Crippen LogP contribution in [0.25, 0.3) is 0 Å². The van der Waals surface area contributed by atoms with Crippen LogP contribution < -0.4 is 0 Å². The van der Waals surface area contributed by atoms with Crippen LogP contribution in [0.2, 0.25) is 0 Å². The van der Waals surface area contributed by atoms with Crippen molar-refractivity contribution < 1.29 is 23.0 Å². The summed E-state index contributed by atoms with van der Waals surface area (Å²) >= 11 is 0. The van der Waals surface area contributed by atoms with Crippen molar-refractivity contribution in [3.05, 3.63) is 71.3 Å². The summed E-state index contributed by atoms with van der Waals surface area (Å²) in [6.07, 6.45) is 1.70. The summed E-state index contributed by atoms with van der Waals surface area (Å²) in [5.41, 5.74) is 1.18. The lowest BCUT2D eigenvalue weighted by molar-refractivity contribution is -0.145. The molecule has 0 aromatic heterocycles. The van der Waals surface area contributed by atoms with E-state index in [1.54, 1.807) is 30.3 Å². The topological polar surface area (TPSA) is 38.8 Å². The molecule has 3 rings (SSSR count). The van der Waals surface area contributed by atoms with Crippen molar-refractivity contribution in [2.75, 3.05) is 32.8 Å². The Balaban J connectivity index is 1.51. The second kappa shape index (κ2) is 12.1. The second-order valence-electron chi connectivity index (χ2n) is 8.51. The molecule has 174 valence electrons. The lowest BCUT2D eigenvalue weighted by Crippen LogP contribution is -2.40. The standard InChI is InChI=1S/C26H33F2NO3/c1-3-31-25(30)17-21-13-15-29(18-19(21)2)14-6-16-32-26(20-9-11-22(27)12-10-20)23-7-4-5-8-24(23)28/h4-5,7-12,19,21,26H,3,6,13-18H2,1-2H3/t19-,21-,26?/m1/s1. The van der Waals surface area contributed by atoms with Crippen LogP contribution in [-0.2, 0) is 14.3 Å². The highest BCUT2D eigenvalue weighted by Crippen LogP contribution is 2.29. The third-order valence-electron chi connectivity index (χ3n) is 6.16. The van der Waals surface area contributed by atoms with Gasteiger partial charge < -0.3 is 14.4 Å². The van der Waals surface area contributed by atoms with Gasteiger partial charge in [-0.25, -0.2) is 8.78 Å². The number of ether oxygens (including phenoxy) is 2. The Morgan fingerprint density at radius 1 is 1.16 bits per heavy atom. The third-order valence-corrected chi connectivity index (χ3v) is 6.16. The zero-order valence-corrected chi connectivity index (χ0v) is 18.9. The van der Waals surface area contributed by atoms with Crippen molar-refractivity contribution in [2.24, 2.45) is 11.8 Å². The Morgan fingerprint density at radius 3 is 2.59 bits per heavy atom. The molecule has 3 atom stereocenters. The van der Waals surface area contributed by atoms with Crippen LogP contribution in [0.5, 0.6) is 0 Å². The highest BCUT2D eigenvalue weighted by molar-refractivity contribution is 5.69. The molecule has 1 aliphatic heterocycles. The summed E-state index contributed by atoms with van der Waals surface area (Å²) in [5, 5.41) is 0. The summed E-state index contributed by atoms with van der Waals surface area (Å²) in [6.45, 7) is 7.69. The molecule has 2 aromatic carbocycles. The van der Waals surface area contributed by atoms with E-state index in [4.69, 9.17) is 9.47 Å². The van der Waals surface area contributed by atoms with Gasteiger partial charge in [-0.1, -0.05) is 37.3 Å². The SMILES string of the molecule is CCOC(=O)C[C@H]1CCN(CCCOC(c2ccc(F)cc2)c2ccccc2F)C[C@H]1C. The summed E-state index contributed by atoms with van der Waals surface area (Å²) in [7, 11) is 0. The number of nitrogens with zero attached hydrogens (tertiary/aromatic N) is 1. The van der Waals surface area contributed by atoms with Gasteiger partial charge in [-0.2, -0.15) is 0 Å². The fraction of sp³-hybridized carbons (Fsp3) is 0.500. The van der Waals surface area contributed by atoms with Crippen molar-refractivity contribution in [3.63, 3.8) is 0 Å². The minimum atomic E-state index is -0.578. The molecule has 0 saturated carbocycles. The first-order valence-corrected chi connectivity index (χ1v) is 11.5. The quantitative estimate of drug-likeness (QED) is 0.364. The van der Waals surface area contributed by atoms with Crippen LogP contribution in [0.15, 0.2) is 48.5 Å². The van der Waals surface area contributed by atoms with E-state index >= 15 is 0 Å². The molecule has 1 aliphatic rings. The first kappa shape index (κ1) is 24.3. The number of halogens is 2. The molecule has 0 bridgehead atoms. The van der Waals surface area contributed by atoms with E-state index in [-0.39, 0.29) is 17.6 Å². The van der Waals surface area contributed by atoms with E-state index < -0.39 is 6.10 Å². The average molecular weight is 446 g/mol. The van der Waals surface area contributed by atoms with E-state index in [1.165, 1.54) is 18.2 Å². The maximum atomic E-state index is 14.4. The molecule has 0 radical (unpaired) electrons. The number of carbonyl (C=O) groups is 1. The summed E-state index contributed by atoms with van der Waals surface area (Å²) in [4.78, 5) is 14.2. The monoisotopic (exact) mass is 445 g/mol. The highest BCUT2D eigenvalue weighted by atomic mass is 19.1. The molecule has 1 unspecified atom stereocenters. The molecular weight excluding hydrogens is 412 g/mol. The zero-order valence-electron chi connectivity index (χ0n) is 18.9. The summed E-state index contributed by atoms with van der Waals surface area (Å²) in [6, 6.07) is 12.6. The van der Waals surface area contributed by atoms with Crippen molar-refractivity contribution in [2.45, 2.75) is 39.2 Å². The number of piperidine rings is 1. The summed E-state index contributed by atoms with van der Waals surface area (Å²) < 4.78 is 39.0. The van der Waals surface area contributed by atoms with Crippen LogP contribution in [0.4, 0.5) is 8.78 Å². The van der Waals surface area contributed by atoms with E-state index in [0.29, 0.717) is 37.0 Å². The molecule has 0 amide bonds. The van der Waals surface area contributed by atoms with Gasteiger partial charge in [0.15, 0.2) is 0 Å². The molecule has 32 heavy (non-hydrogen) atoms. The van der Waals surface area contributed by atoms with Crippen LogP contribution in [0.3, 0.4) is 0 Å². The van der Waals surface area contributed by atoms with Crippen LogP contribution >= 0.6 is 0 Å². The van der Waals surface area contributed by atoms with Crippen LogP contribution in [0, 0.1) is 23.5 Å². The predicted molar refractivity (Wildman–Crippen MR) is 120 cm³/mol. The lowest BCUT2D eigenvalue weighted by Gasteiger charge is -2.36. The molecule has 0 spiro atoms. The number of esters is 1. The minimum Gasteiger partial charge on any atom is -0.466 e. The number of hydrogen-bond acceptors (Lipinski definition) is 4. The van der Waals surface area contributed by atoms with E-state index in [0.717, 1.165) is 38.0 Å². The fourth-order valence-corrected chi connectivity index (χ4v) is 4.40.